The molecular formula is C36H32N2Si2. The summed E-state index contributed by atoms with van der Waals surface area (Å²) in [4.78, 5) is 0. The van der Waals surface area contributed by atoms with Gasteiger partial charge in [-0.1, -0.05) is 134 Å². The molecule has 0 saturated carbocycles. The van der Waals surface area contributed by atoms with Crippen LogP contribution in [0.25, 0.3) is 31.9 Å². The lowest BCUT2D eigenvalue weighted by molar-refractivity contribution is 1.58. The van der Waals surface area contributed by atoms with E-state index >= 15 is 0 Å². The maximum Gasteiger partial charge on any atom is 0.119 e. The van der Waals surface area contributed by atoms with Crippen molar-refractivity contribution in [2.75, 3.05) is 11.5 Å². The van der Waals surface area contributed by atoms with E-state index in [0.717, 1.165) is 11.4 Å². The van der Waals surface area contributed by atoms with E-state index in [-0.39, 0.29) is 0 Å². The van der Waals surface area contributed by atoms with Crippen molar-refractivity contribution in [1.29, 1.82) is 0 Å². The smallest absolute Gasteiger partial charge is 0.119 e. The molecule has 1 aliphatic rings. The van der Waals surface area contributed by atoms with Crippen molar-refractivity contribution in [3.05, 3.63) is 145 Å². The van der Waals surface area contributed by atoms with Gasteiger partial charge in [-0.05, 0) is 54.8 Å². The molecule has 4 N–H and O–H groups in total. The van der Waals surface area contributed by atoms with Crippen LogP contribution in [0.5, 0.6) is 0 Å². The zero-order valence-corrected chi connectivity index (χ0v) is 24.9. The predicted octanol–water partition coefficient (Wildman–Crippen LogP) is 7.21. The molecule has 6 aromatic carbocycles. The van der Waals surface area contributed by atoms with Gasteiger partial charge >= 0.3 is 0 Å². The van der Waals surface area contributed by atoms with Crippen molar-refractivity contribution in [1.82, 2.24) is 0 Å². The Morgan fingerprint density at radius 3 is 1.12 bits per heavy atom. The van der Waals surface area contributed by atoms with Crippen LogP contribution in [-0.4, -0.2) is 15.2 Å². The minimum Gasteiger partial charge on any atom is -0.398 e. The summed E-state index contributed by atoms with van der Waals surface area (Å²) >= 11 is 0. The highest BCUT2D eigenvalue weighted by Gasteiger charge is 2.65. The van der Waals surface area contributed by atoms with Crippen molar-refractivity contribution in [3.8, 4) is 0 Å². The number of benzene rings is 6. The third-order valence-electron chi connectivity index (χ3n) is 9.33. The van der Waals surface area contributed by atoms with Crippen molar-refractivity contribution in [2.24, 2.45) is 0 Å². The third kappa shape index (κ3) is 3.27. The molecule has 7 rings (SSSR count). The lowest BCUT2D eigenvalue weighted by Crippen LogP contribution is -2.80. The Morgan fingerprint density at radius 1 is 0.400 bits per heavy atom. The minimum absolute atomic E-state index is 0.858. The summed E-state index contributed by atoms with van der Waals surface area (Å²) in [6, 6.07) is 48.3. The molecule has 1 heterocycles. The molecule has 0 radical (unpaired) electrons. The van der Waals surface area contributed by atoms with Crippen molar-refractivity contribution < 1.29 is 0 Å². The number of nitrogen functional groups attached to an aromatic ring is 2. The monoisotopic (exact) mass is 548 g/mol. The Labute approximate surface area is 237 Å². The normalized spacial score (nSPS) is 20.6. The zero-order valence-electron chi connectivity index (χ0n) is 22.9. The van der Waals surface area contributed by atoms with Crippen LogP contribution >= 0.6 is 0 Å². The van der Waals surface area contributed by atoms with Gasteiger partial charge < -0.3 is 11.5 Å². The summed E-state index contributed by atoms with van der Waals surface area (Å²) < 4.78 is 0. The maximum absolute atomic E-state index is 6.81. The van der Waals surface area contributed by atoms with Gasteiger partial charge in [-0.15, -0.1) is 0 Å². The van der Waals surface area contributed by atoms with Crippen LogP contribution in [0.15, 0.2) is 133 Å². The SMILES string of the molecule is C[Si@@]1(c2cccc3cccc(N)c23)C(c2ccccc2)=C(c2ccccc2)[Si@@]1(C)c1cccc2cccc(N)c12. The fraction of sp³-hybridized carbons (Fsp3) is 0.0556. The van der Waals surface area contributed by atoms with E-state index in [2.05, 4.69) is 147 Å². The topological polar surface area (TPSA) is 52.0 Å². The first kappa shape index (κ1) is 24.6. The lowest BCUT2D eigenvalue weighted by atomic mass is 10.1. The van der Waals surface area contributed by atoms with Gasteiger partial charge in [-0.2, -0.15) is 0 Å². The molecule has 2 atom stereocenters. The number of nitrogens with two attached hydrogens (primary N) is 2. The second kappa shape index (κ2) is 9.08. The molecule has 2 nitrogen and oxygen atoms in total. The van der Waals surface area contributed by atoms with Crippen LogP contribution in [-0.2, 0) is 0 Å². The maximum atomic E-state index is 6.81. The number of fused-ring (bicyclic) bond motifs is 2. The first-order valence-corrected chi connectivity index (χ1v) is 19.9. The number of hydrogen-bond acceptors (Lipinski definition) is 2. The Bertz CT molecular complexity index is 1800. The summed E-state index contributed by atoms with van der Waals surface area (Å²) in [5, 5.41) is 10.8. The van der Waals surface area contributed by atoms with Gasteiger partial charge in [0, 0.05) is 22.1 Å². The van der Waals surface area contributed by atoms with Gasteiger partial charge in [0.15, 0.2) is 0 Å². The van der Waals surface area contributed by atoms with E-state index in [0.29, 0.717) is 0 Å². The van der Waals surface area contributed by atoms with Gasteiger partial charge in [-0.3, -0.25) is 0 Å². The van der Waals surface area contributed by atoms with Crippen LogP contribution in [0, 0.1) is 0 Å². The molecular weight excluding hydrogens is 517 g/mol. The summed E-state index contributed by atoms with van der Waals surface area (Å²) in [5.41, 5.74) is 18.0. The van der Waals surface area contributed by atoms with Crippen molar-refractivity contribution in [3.63, 3.8) is 0 Å². The van der Waals surface area contributed by atoms with Crippen LogP contribution in [0.4, 0.5) is 11.4 Å². The van der Waals surface area contributed by atoms with Crippen LogP contribution in [0.2, 0.25) is 13.1 Å². The second-order valence-electron chi connectivity index (χ2n) is 11.2. The molecule has 0 bridgehead atoms. The summed E-state index contributed by atoms with van der Waals surface area (Å²) in [5.74, 6) is 0. The molecule has 0 unspecified atom stereocenters. The van der Waals surface area contributed by atoms with E-state index in [1.165, 1.54) is 53.4 Å². The quantitative estimate of drug-likeness (QED) is 0.181. The van der Waals surface area contributed by atoms with E-state index in [1.54, 1.807) is 0 Å². The third-order valence-corrected chi connectivity index (χ3v) is 26.8. The average molecular weight is 549 g/mol. The largest absolute Gasteiger partial charge is 0.398 e. The highest BCUT2D eigenvalue weighted by molar-refractivity contribution is 7.68. The van der Waals surface area contributed by atoms with Crippen LogP contribution in [0.3, 0.4) is 0 Å². The van der Waals surface area contributed by atoms with Gasteiger partial charge in [0.1, 0.15) is 15.2 Å². The lowest BCUT2D eigenvalue weighted by Gasteiger charge is -2.58. The predicted molar refractivity (Wildman–Crippen MR) is 179 cm³/mol. The minimum atomic E-state index is -2.44. The van der Waals surface area contributed by atoms with Crippen LogP contribution < -0.4 is 21.8 Å². The van der Waals surface area contributed by atoms with E-state index in [9.17, 15) is 0 Å². The standard InChI is InChI=1S/C36H32N2Si2/c1-39(31-23-11-19-25-17-9-21-29(37)33(25)31)35(27-13-5-3-6-14-27)36(28-15-7-4-8-16-28)40(39,2)32-24-12-20-26-18-10-22-30(38)34(26)32/h3-24H,37-38H2,1-2H3/t39-,40-/m1/s1. The first-order valence-electron chi connectivity index (χ1n) is 13.9. The Morgan fingerprint density at radius 2 is 0.750 bits per heavy atom. The fourth-order valence-corrected chi connectivity index (χ4v) is 24.9. The highest BCUT2D eigenvalue weighted by atomic mass is 29.3. The van der Waals surface area contributed by atoms with Crippen LogP contribution in [0.1, 0.15) is 11.1 Å². The number of hydrogen-bond donors (Lipinski definition) is 2. The Balaban J connectivity index is 1.69. The van der Waals surface area contributed by atoms with Crippen molar-refractivity contribution in [2.45, 2.75) is 13.1 Å². The molecule has 0 amide bonds. The molecule has 0 aliphatic carbocycles. The molecule has 0 spiro atoms. The molecule has 6 aromatic rings. The fourth-order valence-electron chi connectivity index (χ4n) is 7.39. The average Bonchev–Trinajstić information content (AvgIpc) is 2.99. The molecule has 194 valence electrons. The second-order valence-corrected chi connectivity index (χ2v) is 23.8. The van der Waals surface area contributed by atoms with Gasteiger partial charge in [-0.25, -0.2) is 0 Å². The highest BCUT2D eigenvalue weighted by Crippen LogP contribution is 2.54. The molecule has 1 aliphatic heterocycles. The summed E-state index contributed by atoms with van der Waals surface area (Å²) in [7, 11) is -4.87. The van der Waals surface area contributed by atoms with Gasteiger partial charge in [0.25, 0.3) is 0 Å². The summed E-state index contributed by atoms with van der Waals surface area (Å²) in [6.45, 7) is 5.21. The molecule has 0 fully saturated rings. The van der Waals surface area contributed by atoms with E-state index in [4.69, 9.17) is 11.5 Å². The zero-order chi connectivity index (χ0) is 27.5. The number of rotatable bonds is 4. The van der Waals surface area contributed by atoms with Gasteiger partial charge in [0.05, 0.1) is 0 Å². The molecule has 40 heavy (non-hydrogen) atoms. The Hall–Kier alpha value is -4.39. The summed E-state index contributed by atoms with van der Waals surface area (Å²) in [6.07, 6.45) is 0. The van der Waals surface area contributed by atoms with E-state index < -0.39 is 15.2 Å². The molecule has 4 heteroatoms. The van der Waals surface area contributed by atoms with Crippen molar-refractivity contribution >= 4 is 68.9 Å². The van der Waals surface area contributed by atoms with Gasteiger partial charge in [0.2, 0.25) is 0 Å². The number of anilines is 2. The molecule has 0 aromatic heterocycles. The molecule has 0 saturated heterocycles. The van der Waals surface area contributed by atoms with E-state index in [1.807, 2.05) is 0 Å². The Kier molecular flexibility index (Phi) is 5.60. The first-order chi connectivity index (χ1) is 19.5.